The van der Waals surface area contributed by atoms with Gasteiger partial charge in [0, 0.05) is 24.7 Å². The first-order valence-corrected chi connectivity index (χ1v) is 7.15. The Morgan fingerprint density at radius 1 is 1.52 bits per heavy atom. The molecular formula is C14H14ClFN2O5. The van der Waals surface area contributed by atoms with Crippen molar-refractivity contribution in [2.45, 2.75) is 19.8 Å². The van der Waals surface area contributed by atoms with Crippen molar-refractivity contribution in [3.8, 4) is 0 Å². The van der Waals surface area contributed by atoms with E-state index in [9.17, 15) is 24.1 Å². The van der Waals surface area contributed by atoms with Crippen LogP contribution < -0.4 is 0 Å². The van der Waals surface area contributed by atoms with Crippen molar-refractivity contribution in [3.63, 3.8) is 0 Å². The number of carboxylic acids is 1. The number of rotatable bonds is 4. The Morgan fingerprint density at radius 2 is 2.17 bits per heavy atom. The molecule has 2 rings (SSSR count). The SMILES string of the molecule is CC1(C(=O)O)CCN(C(=O)Cc2cc(F)c(Cl)cc2[N+](=O)[O-])C1. The summed E-state index contributed by atoms with van der Waals surface area (Å²) in [6.45, 7) is 1.80. The molecule has 1 amide bonds. The number of likely N-dealkylation sites (tertiary alicyclic amines) is 1. The lowest BCUT2D eigenvalue weighted by molar-refractivity contribution is -0.385. The van der Waals surface area contributed by atoms with E-state index in [-0.39, 0.29) is 25.1 Å². The molecule has 1 atom stereocenters. The Labute approximate surface area is 135 Å². The van der Waals surface area contributed by atoms with Crippen LogP contribution in [0.2, 0.25) is 5.02 Å². The summed E-state index contributed by atoms with van der Waals surface area (Å²) in [7, 11) is 0. The van der Waals surface area contributed by atoms with Gasteiger partial charge in [0.25, 0.3) is 5.69 Å². The molecule has 0 aromatic heterocycles. The number of nitro groups is 1. The quantitative estimate of drug-likeness (QED) is 0.667. The van der Waals surface area contributed by atoms with Crippen LogP contribution in [0.3, 0.4) is 0 Å². The van der Waals surface area contributed by atoms with Crippen LogP contribution in [0.25, 0.3) is 0 Å². The van der Waals surface area contributed by atoms with Crippen LogP contribution in [0.4, 0.5) is 10.1 Å². The number of benzene rings is 1. The number of nitrogens with zero attached hydrogens (tertiary/aromatic N) is 2. The van der Waals surface area contributed by atoms with Crippen LogP contribution >= 0.6 is 11.6 Å². The van der Waals surface area contributed by atoms with Gasteiger partial charge in [0.15, 0.2) is 0 Å². The number of nitro benzene ring substituents is 1. The number of aliphatic carboxylic acids is 1. The topological polar surface area (TPSA) is 101 Å². The summed E-state index contributed by atoms with van der Waals surface area (Å²) in [6.07, 6.45) is -0.0920. The number of carboxylic acid groups (broad SMARTS) is 1. The van der Waals surface area contributed by atoms with E-state index in [1.807, 2.05) is 0 Å². The molecule has 1 saturated heterocycles. The first-order chi connectivity index (χ1) is 10.6. The second kappa shape index (κ2) is 6.11. The summed E-state index contributed by atoms with van der Waals surface area (Å²) < 4.78 is 13.5. The first kappa shape index (κ1) is 17.1. The van der Waals surface area contributed by atoms with Crippen LogP contribution in [0.5, 0.6) is 0 Å². The fourth-order valence-electron chi connectivity index (χ4n) is 2.51. The normalized spacial score (nSPS) is 20.6. The van der Waals surface area contributed by atoms with E-state index in [2.05, 4.69) is 0 Å². The van der Waals surface area contributed by atoms with E-state index >= 15 is 0 Å². The average Bonchev–Trinajstić information content (AvgIpc) is 2.86. The van der Waals surface area contributed by atoms with Gasteiger partial charge in [-0.25, -0.2) is 4.39 Å². The first-order valence-electron chi connectivity index (χ1n) is 6.77. The zero-order valence-corrected chi connectivity index (χ0v) is 13.0. The average molecular weight is 345 g/mol. The van der Waals surface area contributed by atoms with Gasteiger partial charge in [0.05, 0.1) is 21.8 Å². The molecule has 1 aliphatic rings. The van der Waals surface area contributed by atoms with E-state index < -0.39 is 38.7 Å². The molecule has 1 N–H and O–H groups in total. The fourth-order valence-corrected chi connectivity index (χ4v) is 2.67. The smallest absolute Gasteiger partial charge is 0.311 e. The monoisotopic (exact) mass is 344 g/mol. The van der Waals surface area contributed by atoms with Gasteiger partial charge in [-0.2, -0.15) is 0 Å². The Hall–Kier alpha value is -2.22. The molecule has 0 saturated carbocycles. The number of carbonyl (C=O) groups excluding carboxylic acids is 1. The van der Waals surface area contributed by atoms with Crippen LogP contribution in [0.1, 0.15) is 18.9 Å². The predicted octanol–water partition coefficient (Wildman–Crippen LogP) is 2.25. The minimum absolute atomic E-state index is 0.0189. The zero-order valence-electron chi connectivity index (χ0n) is 12.2. The number of carbonyl (C=O) groups is 2. The minimum Gasteiger partial charge on any atom is -0.481 e. The van der Waals surface area contributed by atoms with Crippen molar-refractivity contribution in [1.82, 2.24) is 4.90 Å². The molecular weight excluding hydrogens is 331 g/mol. The van der Waals surface area contributed by atoms with Gasteiger partial charge >= 0.3 is 5.97 Å². The van der Waals surface area contributed by atoms with Gasteiger partial charge in [-0.05, 0) is 19.4 Å². The van der Waals surface area contributed by atoms with Gasteiger partial charge in [-0.1, -0.05) is 11.6 Å². The summed E-state index contributed by atoms with van der Waals surface area (Å²) in [4.78, 5) is 35.0. The highest BCUT2D eigenvalue weighted by Gasteiger charge is 2.42. The highest BCUT2D eigenvalue weighted by molar-refractivity contribution is 6.31. The van der Waals surface area contributed by atoms with E-state index in [0.29, 0.717) is 6.42 Å². The number of halogens is 2. The summed E-state index contributed by atoms with van der Waals surface area (Å²) in [5, 5.41) is 19.8. The molecule has 1 aliphatic heterocycles. The standard InChI is InChI=1S/C14H14ClFN2O5/c1-14(13(20)21)2-3-17(7-14)12(19)5-8-4-10(16)9(15)6-11(8)18(22)23/h4,6H,2-3,5,7H2,1H3,(H,20,21). The van der Waals surface area contributed by atoms with Crippen molar-refractivity contribution in [2.75, 3.05) is 13.1 Å². The molecule has 9 heteroatoms. The lowest BCUT2D eigenvalue weighted by Crippen LogP contribution is -2.35. The molecule has 124 valence electrons. The van der Waals surface area contributed by atoms with Gasteiger partial charge < -0.3 is 10.0 Å². The van der Waals surface area contributed by atoms with E-state index in [1.165, 1.54) is 11.8 Å². The van der Waals surface area contributed by atoms with Crippen LogP contribution in [-0.2, 0) is 16.0 Å². The Bertz CT molecular complexity index is 696. The maximum Gasteiger partial charge on any atom is 0.311 e. The van der Waals surface area contributed by atoms with E-state index in [4.69, 9.17) is 16.7 Å². The van der Waals surface area contributed by atoms with Gasteiger partial charge in [-0.15, -0.1) is 0 Å². The minimum atomic E-state index is -1.03. The van der Waals surface area contributed by atoms with Crippen LogP contribution in [0, 0.1) is 21.3 Å². The lowest BCUT2D eigenvalue weighted by Gasteiger charge is -2.20. The second-order valence-corrected chi connectivity index (χ2v) is 6.17. The third kappa shape index (κ3) is 3.42. The maximum atomic E-state index is 13.5. The maximum absolute atomic E-state index is 13.5. The van der Waals surface area contributed by atoms with E-state index in [0.717, 1.165) is 12.1 Å². The Kier molecular flexibility index (Phi) is 4.56. The molecule has 1 fully saturated rings. The summed E-state index contributed by atoms with van der Waals surface area (Å²) >= 11 is 5.53. The van der Waals surface area contributed by atoms with Gasteiger partial charge in [0.2, 0.25) is 5.91 Å². The highest BCUT2D eigenvalue weighted by Crippen LogP contribution is 2.32. The molecule has 1 heterocycles. The molecule has 7 nitrogen and oxygen atoms in total. The van der Waals surface area contributed by atoms with Crippen molar-refractivity contribution in [2.24, 2.45) is 5.41 Å². The lowest BCUT2D eigenvalue weighted by atomic mass is 9.90. The Balaban J connectivity index is 2.20. The summed E-state index contributed by atoms with van der Waals surface area (Å²) in [5.74, 6) is -2.34. The van der Waals surface area contributed by atoms with Crippen molar-refractivity contribution in [1.29, 1.82) is 0 Å². The third-order valence-electron chi connectivity index (χ3n) is 4.00. The molecule has 0 aliphatic carbocycles. The third-order valence-corrected chi connectivity index (χ3v) is 4.29. The van der Waals surface area contributed by atoms with Gasteiger partial charge in [0.1, 0.15) is 5.82 Å². The molecule has 0 spiro atoms. The van der Waals surface area contributed by atoms with E-state index in [1.54, 1.807) is 0 Å². The van der Waals surface area contributed by atoms with Crippen molar-refractivity contribution >= 4 is 29.2 Å². The molecule has 0 bridgehead atoms. The molecule has 1 aromatic carbocycles. The number of hydrogen-bond acceptors (Lipinski definition) is 4. The summed E-state index contributed by atoms with van der Waals surface area (Å²) in [6, 6.07) is 1.73. The van der Waals surface area contributed by atoms with Crippen molar-refractivity contribution < 1.29 is 24.0 Å². The largest absolute Gasteiger partial charge is 0.481 e. The predicted molar refractivity (Wildman–Crippen MR) is 78.7 cm³/mol. The second-order valence-electron chi connectivity index (χ2n) is 5.76. The molecule has 0 radical (unpaired) electrons. The molecule has 1 unspecified atom stereocenters. The fraction of sp³-hybridized carbons (Fsp3) is 0.429. The summed E-state index contributed by atoms with van der Waals surface area (Å²) in [5.41, 5.74) is -1.57. The number of hydrogen-bond donors (Lipinski definition) is 1. The Morgan fingerprint density at radius 3 is 2.70 bits per heavy atom. The van der Waals surface area contributed by atoms with Crippen LogP contribution in [-0.4, -0.2) is 39.9 Å². The van der Waals surface area contributed by atoms with Crippen molar-refractivity contribution in [3.05, 3.63) is 38.7 Å². The molecule has 1 aromatic rings. The van der Waals surface area contributed by atoms with Gasteiger partial charge in [-0.3, -0.25) is 19.7 Å². The zero-order chi connectivity index (χ0) is 17.4. The highest BCUT2D eigenvalue weighted by atomic mass is 35.5. The number of amides is 1. The van der Waals surface area contributed by atoms with Crippen LogP contribution in [0.15, 0.2) is 12.1 Å². The molecule has 23 heavy (non-hydrogen) atoms.